The standard InChI is InChI=1S/C11H12N2/c1-2-8(6-12-5-1)10-4-3-9-7-13-11(9)10/h1-2,4-6,9,11,13H,3,7H2. The Kier molecular flexibility index (Phi) is 1.49. The van der Waals surface area contributed by atoms with Gasteiger partial charge >= 0.3 is 0 Å². The highest BCUT2D eigenvalue weighted by Gasteiger charge is 2.36. The molecule has 66 valence electrons. The van der Waals surface area contributed by atoms with E-state index in [1.165, 1.54) is 24.1 Å². The lowest BCUT2D eigenvalue weighted by Gasteiger charge is -2.34. The number of fused-ring (bicyclic) bond motifs is 1. The van der Waals surface area contributed by atoms with Crippen molar-refractivity contribution in [3.8, 4) is 0 Å². The van der Waals surface area contributed by atoms with Crippen molar-refractivity contribution in [3.63, 3.8) is 0 Å². The molecular formula is C11H12N2. The molecule has 2 nitrogen and oxygen atoms in total. The Bertz CT molecular complexity index is 342. The summed E-state index contributed by atoms with van der Waals surface area (Å²) < 4.78 is 0. The first-order valence-electron chi connectivity index (χ1n) is 4.79. The number of rotatable bonds is 1. The lowest BCUT2D eigenvalue weighted by atomic mass is 9.89. The van der Waals surface area contributed by atoms with Crippen LogP contribution in [0.5, 0.6) is 0 Å². The van der Waals surface area contributed by atoms with E-state index in [4.69, 9.17) is 0 Å². The third kappa shape index (κ3) is 1.02. The summed E-state index contributed by atoms with van der Waals surface area (Å²) in [7, 11) is 0. The fourth-order valence-electron chi connectivity index (χ4n) is 2.22. The van der Waals surface area contributed by atoms with Crippen molar-refractivity contribution < 1.29 is 0 Å². The van der Waals surface area contributed by atoms with Gasteiger partial charge in [0.1, 0.15) is 0 Å². The predicted molar refractivity (Wildman–Crippen MR) is 52.1 cm³/mol. The second-order valence-electron chi connectivity index (χ2n) is 3.78. The maximum atomic E-state index is 4.14. The van der Waals surface area contributed by atoms with Gasteiger partial charge in [-0.1, -0.05) is 12.1 Å². The quantitative estimate of drug-likeness (QED) is 0.693. The van der Waals surface area contributed by atoms with E-state index >= 15 is 0 Å². The van der Waals surface area contributed by atoms with Gasteiger partial charge in [-0.2, -0.15) is 0 Å². The minimum absolute atomic E-state index is 0.615. The molecule has 2 heteroatoms. The lowest BCUT2D eigenvalue weighted by Crippen LogP contribution is -2.50. The Morgan fingerprint density at radius 3 is 3.08 bits per heavy atom. The first kappa shape index (κ1) is 7.27. The molecule has 2 heterocycles. The lowest BCUT2D eigenvalue weighted by molar-refractivity contribution is 0.307. The van der Waals surface area contributed by atoms with E-state index in [2.05, 4.69) is 22.4 Å². The number of aromatic nitrogens is 1. The van der Waals surface area contributed by atoms with Gasteiger partial charge < -0.3 is 5.32 Å². The molecule has 2 unspecified atom stereocenters. The summed E-state index contributed by atoms with van der Waals surface area (Å²) in [6.45, 7) is 1.19. The van der Waals surface area contributed by atoms with Crippen LogP contribution >= 0.6 is 0 Å². The van der Waals surface area contributed by atoms with Crippen LogP contribution in [0.3, 0.4) is 0 Å². The van der Waals surface area contributed by atoms with Crippen molar-refractivity contribution in [2.45, 2.75) is 12.5 Å². The maximum Gasteiger partial charge on any atom is 0.0367 e. The largest absolute Gasteiger partial charge is 0.309 e. The van der Waals surface area contributed by atoms with Crippen LogP contribution in [0.15, 0.2) is 30.6 Å². The van der Waals surface area contributed by atoms with Gasteiger partial charge in [0.25, 0.3) is 0 Å². The molecule has 1 aliphatic carbocycles. The summed E-state index contributed by atoms with van der Waals surface area (Å²) >= 11 is 0. The van der Waals surface area contributed by atoms with Crippen LogP contribution < -0.4 is 5.32 Å². The molecular weight excluding hydrogens is 160 g/mol. The maximum absolute atomic E-state index is 4.14. The number of pyridine rings is 1. The van der Waals surface area contributed by atoms with Gasteiger partial charge in [0.15, 0.2) is 0 Å². The van der Waals surface area contributed by atoms with Crippen molar-refractivity contribution in [1.82, 2.24) is 10.3 Å². The Morgan fingerprint density at radius 1 is 1.46 bits per heavy atom. The molecule has 1 N–H and O–H groups in total. The van der Waals surface area contributed by atoms with Gasteiger partial charge in [0, 0.05) is 25.0 Å². The minimum Gasteiger partial charge on any atom is -0.309 e. The van der Waals surface area contributed by atoms with Crippen molar-refractivity contribution in [3.05, 3.63) is 36.2 Å². The molecule has 0 radical (unpaired) electrons. The van der Waals surface area contributed by atoms with Crippen LogP contribution in [0.25, 0.3) is 5.57 Å². The van der Waals surface area contributed by atoms with Crippen LogP contribution in [0.4, 0.5) is 0 Å². The van der Waals surface area contributed by atoms with Gasteiger partial charge in [-0.05, 0) is 29.5 Å². The zero-order chi connectivity index (χ0) is 8.67. The van der Waals surface area contributed by atoms with Gasteiger partial charge in [-0.3, -0.25) is 4.98 Å². The molecule has 2 atom stereocenters. The highest BCUT2D eigenvalue weighted by Crippen LogP contribution is 2.36. The van der Waals surface area contributed by atoms with Crippen molar-refractivity contribution >= 4 is 5.57 Å². The van der Waals surface area contributed by atoms with Crippen LogP contribution in [-0.4, -0.2) is 17.6 Å². The fourth-order valence-corrected chi connectivity index (χ4v) is 2.22. The summed E-state index contributed by atoms with van der Waals surface area (Å²) in [5.74, 6) is 0.857. The van der Waals surface area contributed by atoms with Gasteiger partial charge in [-0.15, -0.1) is 0 Å². The number of nitrogens with zero attached hydrogens (tertiary/aromatic N) is 1. The normalized spacial score (nSPS) is 30.6. The Hall–Kier alpha value is -1.15. The third-order valence-corrected chi connectivity index (χ3v) is 3.04. The number of nitrogens with one attached hydrogen (secondary N) is 1. The smallest absolute Gasteiger partial charge is 0.0367 e. The van der Waals surface area contributed by atoms with E-state index < -0.39 is 0 Å². The number of hydrogen-bond acceptors (Lipinski definition) is 2. The Balaban J connectivity index is 1.94. The zero-order valence-corrected chi connectivity index (χ0v) is 7.40. The highest BCUT2D eigenvalue weighted by molar-refractivity contribution is 5.72. The molecule has 1 aromatic heterocycles. The van der Waals surface area contributed by atoms with Crippen LogP contribution in [0.1, 0.15) is 12.0 Å². The van der Waals surface area contributed by atoms with E-state index in [-0.39, 0.29) is 0 Å². The van der Waals surface area contributed by atoms with Gasteiger partial charge in [0.2, 0.25) is 0 Å². The molecule has 0 spiro atoms. The first-order chi connectivity index (χ1) is 6.45. The first-order valence-corrected chi connectivity index (χ1v) is 4.79. The molecule has 2 aliphatic rings. The van der Waals surface area contributed by atoms with E-state index in [0.717, 1.165) is 5.92 Å². The molecule has 13 heavy (non-hydrogen) atoms. The van der Waals surface area contributed by atoms with Crippen LogP contribution in [0, 0.1) is 5.92 Å². The summed E-state index contributed by atoms with van der Waals surface area (Å²) in [5, 5.41) is 3.46. The topological polar surface area (TPSA) is 24.9 Å². The molecule has 3 rings (SSSR count). The Morgan fingerprint density at radius 2 is 2.46 bits per heavy atom. The van der Waals surface area contributed by atoms with E-state index in [1.54, 1.807) is 0 Å². The second kappa shape index (κ2) is 2.67. The van der Waals surface area contributed by atoms with Crippen molar-refractivity contribution in [2.24, 2.45) is 5.92 Å². The number of allylic oxidation sites excluding steroid dienone is 1. The fraction of sp³-hybridized carbons (Fsp3) is 0.364. The predicted octanol–water partition coefficient (Wildman–Crippen LogP) is 1.46. The van der Waals surface area contributed by atoms with Crippen LogP contribution in [0.2, 0.25) is 0 Å². The van der Waals surface area contributed by atoms with Gasteiger partial charge in [-0.25, -0.2) is 0 Å². The molecule has 1 aliphatic heterocycles. The SMILES string of the molecule is C1=C(c2cccnc2)C2NCC2C1. The van der Waals surface area contributed by atoms with E-state index in [9.17, 15) is 0 Å². The third-order valence-electron chi connectivity index (χ3n) is 3.04. The minimum atomic E-state index is 0.615. The summed E-state index contributed by atoms with van der Waals surface area (Å²) in [5.41, 5.74) is 2.73. The van der Waals surface area contributed by atoms with Crippen molar-refractivity contribution in [1.29, 1.82) is 0 Å². The highest BCUT2D eigenvalue weighted by atomic mass is 15.0. The summed E-state index contributed by atoms with van der Waals surface area (Å²) in [6, 6.07) is 4.76. The number of hydrogen-bond donors (Lipinski definition) is 1. The average Bonchev–Trinajstić information content (AvgIpc) is 2.43. The molecule has 1 fully saturated rings. The molecule has 1 saturated heterocycles. The second-order valence-corrected chi connectivity index (χ2v) is 3.78. The average molecular weight is 172 g/mol. The van der Waals surface area contributed by atoms with E-state index in [0.29, 0.717) is 6.04 Å². The molecule has 0 aromatic carbocycles. The summed E-state index contributed by atoms with van der Waals surface area (Å²) in [6.07, 6.45) is 7.37. The van der Waals surface area contributed by atoms with Gasteiger partial charge in [0.05, 0.1) is 0 Å². The summed E-state index contributed by atoms with van der Waals surface area (Å²) in [4.78, 5) is 4.14. The van der Waals surface area contributed by atoms with E-state index in [1.807, 2.05) is 18.5 Å². The molecule has 0 bridgehead atoms. The Labute approximate surface area is 77.7 Å². The van der Waals surface area contributed by atoms with Crippen molar-refractivity contribution in [2.75, 3.05) is 6.54 Å². The molecule has 0 saturated carbocycles. The molecule has 1 aromatic rings. The van der Waals surface area contributed by atoms with Crippen LogP contribution in [-0.2, 0) is 0 Å². The molecule has 0 amide bonds. The zero-order valence-electron chi connectivity index (χ0n) is 7.40. The monoisotopic (exact) mass is 172 g/mol.